The number of benzene rings is 3. The number of urea groups is 1. The van der Waals surface area contributed by atoms with E-state index >= 15 is 0 Å². The van der Waals surface area contributed by atoms with Crippen LogP contribution in [0.25, 0.3) is 10.9 Å². The van der Waals surface area contributed by atoms with E-state index in [9.17, 15) is 19.5 Å². The van der Waals surface area contributed by atoms with E-state index in [0.29, 0.717) is 13.1 Å². The second kappa shape index (κ2) is 12.1. The number of nitrogens with zero attached hydrogens (tertiary/aromatic N) is 6. The third-order valence-electron chi connectivity index (χ3n) is 8.12. The average Bonchev–Trinajstić information content (AvgIpc) is 3.41. The zero-order valence-corrected chi connectivity index (χ0v) is 24.3. The highest BCUT2D eigenvalue weighted by Crippen LogP contribution is 2.29. The maximum Gasteiger partial charge on any atom is 0.334 e. The van der Waals surface area contributed by atoms with Crippen LogP contribution in [0.1, 0.15) is 16.7 Å². The van der Waals surface area contributed by atoms with E-state index in [2.05, 4.69) is 16.3 Å². The van der Waals surface area contributed by atoms with Crippen LogP contribution in [-0.2, 0) is 35.6 Å². The number of phenolic OH excluding ortho intramolecular Hbond substituents is 1. The Balaban J connectivity index is 1.33. The van der Waals surface area contributed by atoms with Crippen molar-refractivity contribution >= 4 is 28.7 Å². The highest BCUT2D eigenvalue weighted by molar-refractivity contribution is 5.92. The lowest BCUT2D eigenvalue weighted by atomic mass is 9.98. The van der Waals surface area contributed by atoms with Crippen LogP contribution in [0.15, 0.2) is 79.0 Å². The number of carbonyl (C=O) groups excluding carboxylic acids is 3. The van der Waals surface area contributed by atoms with Gasteiger partial charge in [-0.3, -0.25) is 14.3 Å². The van der Waals surface area contributed by atoms with Gasteiger partial charge >= 0.3 is 6.03 Å². The van der Waals surface area contributed by atoms with Gasteiger partial charge in [-0.1, -0.05) is 60.5 Å². The monoisotopic (exact) mass is 591 g/mol. The summed E-state index contributed by atoms with van der Waals surface area (Å²) in [4.78, 5) is 44.7. The normalized spacial score (nSPS) is 18.8. The topological polar surface area (TPSA) is 114 Å². The molecule has 2 N–H and O–H groups in total. The maximum atomic E-state index is 14.2. The minimum absolute atomic E-state index is 0.0511. The van der Waals surface area contributed by atoms with E-state index in [1.165, 1.54) is 0 Å². The van der Waals surface area contributed by atoms with Gasteiger partial charge in [0.1, 0.15) is 24.5 Å². The number of nitrogens with one attached hydrogen (secondary N) is 1. The summed E-state index contributed by atoms with van der Waals surface area (Å²) in [6.45, 7) is 0.980. The first kappa shape index (κ1) is 28.8. The molecule has 0 bridgehead atoms. The average molecular weight is 592 g/mol. The Labute approximate surface area is 255 Å². The van der Waals surface area contributed by atoms with Gasteiger partial charge in [-0.15, -0.1) is 6.42 Å². The van der Waals surface area contributed by atoms with Crippen molar-refractivity contribution in [3.63, 3.8) is 0 Å². The summed E-state index contributed by atoms with van der Waals surface area (Å²) in [6.07, 6.45) is 6.78. The highest BCUT2D eigenvalue weighted by atomic mass is 16.3. The van der Waals surface area contributed by atoms with Crippen molar-refractivity contribution in [2.75, 3.05) is 20.1 Å². The Bertz CT molecular complexity index is 1730. The molecule has 4 aromatic rings. The second-order valence-corrected chi connectivity index (χ2v) is 11.1. The minimum atomic E-state index is -0.848. The predicted octanol–water partition coefficient (Wildman–Crippen LogP) is 2.56. The van der Waals surface area contributed by atoms with Crippen LogP contribution >= 0.6 is 0 Å². The first-order chi connectivity index (χ1) is 21.3. The fraction of sp³-hybridized carbons (Fsp3) is 0.273. The van der Waals surface area contributed by atoms with Crippen molar-refractivity contribution in [3.05, 3.63) is 95.7 Å². The Morgan fingerprint density at radius 2 is 1.80 bits per heavy atom. The number of fused-ring (bicyclic) bond motifs is 2. The number of hydrogen-bond acceptors (Lipinski definition) is 6. The number of hydrazine groups is 1. The van der Waals surface area contributed by atoms with Gasteiger partial charge in [-0.25, -0.2) is 14.8 Å². The zero-order chi connectivity index (χ0) is 30.8. The van der Waals surface area contributed by atoms with Crippen LogP contribution in [0, 0.1) is 12.3 Å². The third kappa shape index (κ3) is 5.67. The number of aromatic nitrogens is 2. The molecular formula is C33H33N7O4. The van der Waals surface area contributed by atoms with Crippen molar-refractivity contribution in [1.82, 2.24) is 34.9 Å². The Morgan fingerprint density at radius 1 is 1.05 bits per heavy atom. The minimum Gasteiger partial charge on any atom is -0.508 e. The molecule has 2 aliphatic heterocycles. The Hall–Kier alpha value is -5.34. The Morgan fingerprint density at radius 3 is 2.55 bits per heavy atom. The molecule has 11 nitrogen and oxygen atoms in total. The van der Waals surface area contributed by atoms with Gasteiger partial charge in [0.15, 0.2) is 0 Å². The number of likely N-dealkylation sites (N-methyl/N-ethyl adjacent to an activating group) is 1. The molecule has 1 aromatic heterocycles. The smallest absolute Gasteiger partial charge is 0.334 e. The SMILES string of the molecule is C#CCn1ncc2ccc(CN3C[C@H]4N(C(=O)CN(C)N4C(=O)NCc4ccccc4)[C@@H](Cc4ccc(O)cc4)C3=O)cc21. The molecule has 0 aliphatic carbocycles. The number of amides is 4. The van der Waals surface area contributed by atoms with E-state index in [1.54, 1.807) is 62.0 Å². The number of rotatable bonds is 7. The van der Waals surface area contributed by atoms with Gasteiger partial charge in [0.05, 0.1) is 24.8 Å². The van der Waals surface area contributed by atoms with Gasteiger partial charge in [0, 0.05) is 31.9 Å². The Kier molecular flexibility index (Phi) is 7.91. The molecule has 0 saturated carbocycles. The first-order valence-electron chi connectivity index (χ1n) is 14.4. The van der Waals surface area contributed by atoms with Crippen LogP contribution < -0.4 is 5.32 Å². The number of hydrogen-bond donors (Lipinski definition) is 2. The van der Waals surface area contributed by atoms with Gasteiger partial charge in [0.25, 0.3) is 0 Å². The predicted molar refractivity (Wildman–Crippen MR) is 163 cm³/mol. The summed E-state index contributed by atoms with van der Waals surface area (Å²) in [6, 6.07) is 20.8. The molecule has 2 fully saturated rings. The number of carbonyl (C=O) groups is 3. The molecule has 0 unspecified atom stereocenters. The summed E-state index contributed by atoms with van der Waals surface area (Å²) in [7, 11) is 1.70. The van der Waals surface area contributed by atoms with Crippen LogP contribution in [0.4, 0.5) is 4.79 Å². The highest BCUT2D eigenvalue weighted by Gasteiger charge is 2.50. The number of aromatic hydroxyl groups is 1. The lowest BCUT2D eigenvalue weighted by Crippen LogP contribution is -2.76. The third-order valence-corrected chi connectivity index (χ3v) is 8.12. The zero-order valence-electron chi connectivity index (χ0n) is 24.3. The molecule has 2 aliphatic rings. The fourth-order valence-electron chi connectivity index (χ4n) is 6.00. The van der Waals surface area contributed by atoms with Crippen molar-refractivity contribution in [2.45, 2.75) is 38.3 Å². The summed E-state index contributed by atoms with van der Waals surface area (Å²) in [5.41, 5.74) is 3.46. The van der Waals surface area contributed by atoms with Crippen LogP contribution in [0.2, 0.25) is 0 Å². The molecule has 3 heterocycles. The first-order valence-corrected chi connectivity index (χ1v) is 14.4. The van der Waals surface area contributed by atoms with E-state index in [1.807, 2.05) is 48.5 Å². The fourth-order valence-corrected chi connectivity index (χ4v) is 6.00. The molecule has 2 atom stereocenters. The van der Waals surface area contributed by atoms with E-state index in [0.717, 1.165) is 27.6 Å². The van der Waals surface area contributed by atoms with Crippen LogP contribution in [0.3, 0.4) is 0 Å². The van der Waals surface area contributed by atoms with E-state index < -0.39 is 12.2 Å². The molecule has 11 heteroatoms. The van der Waals surface area contributed by atoms with E-state index in [4.69, 9.17) is 6.42 Å². The molecule has 3 aromatic carbocycles. The lowest BCUT2D eigenvalue weighted by molar-refractivity contribution is -0.187. The number of terminal acetylenes is 1. The molecule has 0 radical (unpaired) electrons. The molecule has 2 saturated heterocycles. The quantitative estimate of drug-likeness (QED) is 0.320. The van der Waals surface area contributed by atoms with Gasteiger partial charge in [-0.2, -0.15) is 5.10 Å². The molecule has 0 spiro atoms. The van der Waals surface area contributed by atoms with Crippen molar-refractivity contribution in [1.29, 1.82) is 0 Å². The second-order valence-electron chi connectivity index (χ2n) is 11.1. The van der Waals surface area contributed by atoms with Crippen molar-refractivity contribution < 1.29 is 19.5 Å². The maximum absolute atomic E-state index is 14.2. The van der Waals surface area contributed by atoms with Crippen molar-refractivity contribution in [2.24, 2.45) is 0 Å². The summed E-state index contributed by atoms with van der Waals surface area (Å²) >= 11 is 0. The van der Waals surface area contributed by atoms with Crippen LogP contribution in [-0.4, -0.2) is 84.9 Å². The molecule has 4 amide bonds. The van der Waals surface area contributed by atoms with Crippen molar-refractivity contribution in [3.8, 4) is 18.1 Å². The van der Waals surface area contributed by atoms with Crippen LogP contribution in [0.5, 0.6) is 5.75 Å². The standard InChI is InChI=1S/C33H33N7O4/c1-3-15-38-28-17-25(9-12-26(28)19-35-38)20-37-21-30-39(29(32(37)43)16-23-10-13-27(41)14-11-23)31(42)22-36(2)40(30)33(44)34-18-24-7-5-4-6-8-24/h1,4-14,17,19,29-30,41H,15-16,18,20-22H2,2H3,(H,34,44)/t29-,30-/m0/s1. The summed E-state index contributed by atoms with van der Waals surface area (Å²) in [5.74, 6) is 2.27. The summed E-state index contributed by atoms with van der Waals surface area (Å²) in [5, 5.41) is 21.2. The molecular weight excluding hydrogens is 558 g/mol. The number of phenols is 1. The van der Waals surface area contributed by atoms with Gasteiger partial charge in [0.2, 0.25) is 11.8 Å². The van der Waals surface area contributed by atoms with Gasteiger partial charge in [-0.05, 0) is 34.9 Å². The van der Waals surface area contributed by atoms with E-state index in [-0.39, 0.29) is 49.7 Å². The summed E-state index contributed by atoms with van der Waals surface area (Å²) < 4.78 is 1.74. The van der Waals surface area contributed by atoms with Gasteiger partial charge < -0.3 is 20.2 Å². The molecule has 224 valence electrons. The largest absolute Gasteiger partial charge is 0.508 e. The molecule has 6 rings (SSSR count). The molecule has 44 heavy (non-hydrogen) atoms. The number of piperazine rings is 1. The lowest BCUT2D eigenvalue weighted by Gasteiger charge is -2.54.